The van der Waals surface area contributed by atoms with Gasteiger partial charge in [0.15, 0.2) is 0 Å². The summed E-state index contributed by atoms with van der Waals surface area (Å²) in [6.45, 7) is 2.58. The van der Waals surface area contributed by atoms with Gasteiger partial charge in [-0.25, -0.2) is 0 Å². The lowest BCUT2D eigenvalue weighted by Crippen LogP contribution is -2.18. The molecule has 0 bridgehead atoms. The lowest BCUT2D eigenvalue weighted by molar-refractivity contribution is -0.384. The summed E-state index contributed by atoms with van der Waals surface area (Å²) in [5.74, 6) is 0. The van der Waals surface area contributed by atoms with Crippen molar-refractivity contribution in [3.8, 4) is 0 Å². The predicted molar refractivity (Wildman–Crippen MR) is 79.8 cm³/mol. The fraction of sp³-hybridized carbons (Fsp3) is 0.200. The fourth-order valence-electron chi connectivity index (χ4n) is 1.93. The third-order valence-electron chi connectivity index (χ3n) is 3.14. The first-order chi connectivity index (χ1) is 9.58. The molecule has 20 heavy (non-hydrogen) atoms. The largest absolute Gasteiger partial charge is 0.306 e. The number of nitro benzene ring substituents is 1. The van der Waals surface area contributed by atoms with Crippen LogP contribution in [-0.4, -0.2) is 4.92 Å². The molecule has 0 fully saturated rings. The number of benzene rings is 2. The Morgan fingerprint density at radius 2 is 2.00 bits per heavy atom. The summed E-state index contributed by atoms with van der Waals surface area (Å²) in [5, 5.41) is 14.8. The third-order valence-corrected chi connectivity index (χ3v) is 3.51. The monoisotopic (exact) mass is 290 g/mol. The van der Waals surface area contributed by atoms with Crippen molar-refractivity contribution in [1.82, 2.24) is 5.32 Å². The molecule has 0 aromatic heterocycles. The van der Waals surface area contributed by atoms with Crippen LogP contribution in [0.5, 0.6) is 0 Å². The molecule has 2 rings (SSSR count). The molecule has 104 valence electrons. The molecule has 2 aromatic carbocycles. The minimum Gasteiger partial charge on any atom is -0.306 e. The zero-order valence-corrected chi connectivity index (χ0v) is 11.8. The number of rotatable bonds is 5. The highest BCUT2D eigenvalue weighted by atomic mass is 35.5. The van der Waals surface area contributed by atoms with Gasteiger partial charge < -0.3 is 5.32 Å². The van der Waals surface area contributed by atoms with Gasteiger partial charge in [0.2, 0.25) is 0 Å². The average molecular weight is 291 g/mol. The van der Waals surface area contributed by atoms with Crippen molar-refractivity contribution in [3.05, 3.63) is 74.8 Å². The van der Waals surface area contributed by atoms with Crippen molar-refractivity contribution >= 4 is 17.3 Å². The van der Waals surface area contributed by atoms with E-state index in [4.69, 9.17) is 11.6 Å². The smallest absolute Gasteiger partial charge is 0.269 e. The summed E-state index contributed by atoms with van der Waals surface area (Å²) in [7, 11) is 0. The lowest BCUT2D eigenvalue weighted by Gasteiger charge is -2.14. The van der Waals surface area contributed by atoms with Gasteiger partial charge in [0.05, 0.1) is 4.92 Å². The number of nitrogens with zero attached hydrogens (tertiary/aromatic N) is 1. The molecule has 4 nitrogen and oxygen atoms in total. The molecule has 0 aliphatic heterocycles. The van der Waals surface area contributed by atoms with Gasteiger partial charge in [-0.2, -0.15) is 0 Å². The number of nitrogens with one attached hydrogen (secondary N) is 1. The van der Waals surface area contributed by atoms with Crippen molar-refractivity contribution < 1.29 is 4.92 Å². The zero-order chi connectivity index (χ0) is 14.5. The predicted octanol–water partition coefficient (Wildman–Crippen LogP) is 4.10. The fourth-order valence-corrected chi connectivity index (χ4v) is 2.13. The van der Waals surface area contributed by atoms with Gasteiger partial charge in [-0.05, 0) is 24.1 Å². The highest BCUT2D eigenvalue weighted by Crippen LogP contribution is 2.20. The Morgan fingerprint density at radius 1 is 1.25 bits per heavy atom. The van der Waals surface area contributed by atoms with E-state index in [1.54, 1.807) is 12.1 Å². The molecule has 0 amide bonds. The van der Waals surface area contributed by atoms with Gasteiger partial charge in [-0.3, -0.25) is 10.1 Å². The maximum absolute atomic E-state index is 10.8. The molecule has 0 radical (unpaired) electrons. The van der Waals surface area contributed by atoms with Gasteiger partial charge in [-0.15, -0.1) is 0 Å². The topological polar surface area (TPSA) is 55.2 Å². The average Bonchev–Trinajstić information content (AvgIpc) is 2.46. The van der Waals surface area contributed by atoms with Crippen LogP contribution in [0.2, 0.25) is 5.02 Å². The van der Waals surface area contributed by atoms with E-state index >= 15 is 0 Å². The van der Waals surface area contributed by atoms with E-state index in [0.717, 1.165) is 11.1 Å². The van der Waals surface area contributed by atoms with Crippen LogP contribution in [0.25, 0.3) is 0 Å². The summed E-state index contributed by atoms with van der Waals surface area (Å²) in [6.07, 6.45) is 0. The highest BCUT2D eigenvalue weighted by molar-refractivity contribution is 6.31. The minimum atomic E-state index is -0.385. The number of hydrogen-bond donors (Lipinski definition) is 1. The first kappa shape index (κ1) is 14.5. The van der Waals surface area contributed by atoms with Gasteiger partial charge in [0.1, 0.15) is 0 Å². The van der Waals surface area contributed by atoms with Crippen molar-refractivity contribution in [2.24, 2.45) is 0 Å². The molecule has 0 aliphatic carbocycles. The molecule has 2 aromatic rings. The van der Waals surface area contributed by atoms with E-state index in [1.165, 1.54) is 6.07 Å². The standard InChI is InChI=1S/C15H15ClN2O2/c1-11(12-6-4-7-14(9-12)18(19)20)17-10-13-5-2-3-8-15(13)16/h2-9,11,17H,10H2,1H3. The maximum Gasteiger partial charge on any atom is 0.269 e. The Labute approximate surface area is 122 Å². The van der Waals surface area contributed by atoms with Gasteiger partial charge in [-0.1, -0.05) is 41.9 Å². The summed E-state index contributed by atoms with van der Waals surface area (Å²) < 4.78 is 0. The zero-order valence-electron chi connectivity index (χ0n) is 11.0. The Hall–Kier alpha value is -1.91. The van der Waals surface area contributed by atoms with E-state index in [9.17, 15) is 10.1 Å². The van der Waals surface area contributed by atoms with Crippen molar-refractivity contribution in [2.75, 3.05) is 0 Å². The molecule has 1 N–H and O–H groups in total. The van der Waals surface area contributed by atoms with E-state index in [1.807, 2.05) is 37.3 Å². The number of nitro groups is 1. The van der Waals surface area contributed by atoms with E-state index in [2.05, 4.69) is 5.32 Å². The van der Waals surface area contributed by atoms with Crippen LogP contribution in [0.1, 0.15) is 24.1 Å². The second-order valence-corrected chi connectivity index (χ2v) is 4.95. The number of halogens is 1. The van der Waals surface area contributed by atoms with Crippen LogP contribution in [-0.2, 0) is 6.54 Å². The first-order valence-corrected chi connectivity index (χ1v) is 6.67. The maximum atomic E-state index is 10.8. The Bertz CT molecular complexity index is 616. The Morgan fingerprint density at radius 3 is 2.70 bits per heavy atom. The second kappa shape index (κ2) is 6.50. The highest BCUT2D eigenvalue weighted by Gasteiger charge is 2.11. The molecule has 5 heteroatoms. The molecular weight excluding hydrogens is 276 g/mol. The lowest BCUT2D eigenvalue weighted by atomic mass is 10.1. The summed E-state index contributed by atoms with van der Waals surface area (Å²) in [6, 6.07) is 14.3. The van der Waals surface area contributed by atoms with E-state index in [0.29, 0.717) is 11.6 Å². The summed E-state index contributed by atoms with van der Waals surface area (Å²) in [5.41, 5.74) is 1.99. The van der Waals surface area contributed by atoms with Crippen LogP contribution in [0.3, 0.4) is 0 Å². The minimum absolute atomic E-state index is 0.00572. The molecule has 0 aliphatic rings. The summed E-state index contributed by atoms with van der Waals surface area (Å²) in [4.78, 5) is 10.4. The normalized spacial score (nSPS) is 12.1. The quantitative estimate of drug-likeness (QED) is 0.666. The Kier molecular flexibility index (Phi) is 4.71. The van der Waals surface area contributed by atoms with Crippen LogP contribution in [0, 0.1) is 10.1 Å². The third kappa shape index (κ3) is 3.56. The van der Waals surface area contributed by atoms with E-state index < -0.39 is 0 Å². The first-order valence-electron chi connectivity index (χ1n) is 6.29. The molecular formula is C15H15ClN2O2. The molecule has 1 atom stereocenters. The van der Waals surface area contributed by atoms with Gasteiger partial charge in [0.25, 0.3) is 5.69 Å². The van der Waals surface area contributed by atoms with Gasteiger partial charge >= 0.3 is 0 Å². The molecule has 0 spiro atoms. The molecule has 0 saturated carbocycles. The molecule has 1 unspecified atom stereocenters. The molecule has 0 saturated heterocycles. The van der Waals surface area contributed by atoms with E-state index in [-0.39, 0.29) is 16.7 Å². The SMILES string of the molecule is CC(NCc1ccccc1Cl)c1cccc([N+](=O)[O-])c1. The molecule has 0 heterocycles. The number of hydrogen-bond acceptors (Lipinski definition) is 3. The van der Waals surface area contributed by atoms with Crippen LogP contribution >= 0.6 is 11.6 Å². The Balaban J connectivity index is 2.05. The van der Waals surface area contributed by atoms with Crippen LogP contribution in [0.15, 0.2) is 48.5 Å². The van der Waals surface area contributed by atoms with Gasteiger partial charge in [0, 0.05) is 29.7 Å². The summed E-state index contributed by atoms with van der Waals surface area (Å²) >= 11 is 6.09. The second-order valence-electron chi connectivity index (χ2n) is 4.55. The van der Waals surface area contributed by atoms with Crippen LogP contribution < -0.4 is 5.32 Å². The van der Waals surface area contributed by atoms with Crippen molar-refractivity contribution in [2.45, 2.75) is 19.5 Å². The van der Waals surface area contributed by atoms with Crippen molar-refractivity contribution in [1.29, 1.82) is 0 Å². The van der Waals surface area contributed by atoms with Crippen LogP contribution in [0.4, 0.5) is 5.69 Å². The van der Waals surface area contributed by atoms with Crippen molar-refractivity contribution in [3.63, 3.8) is 0 Å². The number of non-ortho nitro benzene ring substituents is 1.